The van der Waals surface area contributed by atoms with E-state index >= 15 is 0 Å². The third kappa shape index (κ3) is 7.27. The third-order valence-corrected chi connectivity index (χ3v) is 8.98. The van der Waals surface area contributed by atoms with E-state index in [1.165, 1.54) is 0 Å². The van der Waals surface area contributed by atoms with Crippen LogP contribution in [0.3, 0.4) is 0 Å². The summed E-state index contributed by atoms with van der Waals surface area (Å²) in [4.78, 5) is 5.69. The molecule has 5 aromatic carbocycles. The van der Waals surface area contributed by atoms with Crippen molar-refractivity contribution in [3.63, 3.8) is 0 Å². The van der Waals surface area contributed by atoms with Crippen molar-refractivity contribution in [2.24, 2.45) is 4.99 Å². The van der Waals surface area contributed by atoms with Crippen LogP contribution in [0.4, 0.5) is 0 Å². The molecule has 4 nitrogen and oxygen atoms in total. The lowest BCUT2D eigenvalue weighted by molar-refractivity contribution is 0.529. The molecule has 0 aliphatic rings. The second-order valence-electron chi connectivity index (χ2n) is 9.89. The lowest BCUT2D eigenvalue weighted by atomic mass is 9.87. The zero-order valence-corrected chi connectivity index (χ0v) is 25.1. The van der Waals surface area contributed by atoms with E-state index in [0.29, 0.717) is 0 Å². The number of nitrogens with zero attached hydrogens (tertiary/aromatic N) is 1. The van der Waals surface area contributed by atoms with Crippen LogP contribution in [0.1, 0.15) is 39.8 Å². The Labute approximate surface area is 251 Å². The fourth-order valence-electron chi connectivity index (χ4n) is 4.82. The molecule has 0 aliphatic heterocycles. The molecule has 0 bridgehead atoms. The molecule has 6 heteroatoms. The van der Waals surface area contributed by atoms with Gasteiger partial charge in [-0.25, -0.2) is 13.1 Å². The molecule has 0 saturated heterocycles. The molecule has 0 amide bonds. The molecule has 0 heterocycles. The highest BCUT2D eigenvalue weighted by atomic mass is 79.9. The maximum Gasteiger partial charge on any atom is 0.240 e. The van der Waals surface area contributed by atoms with Crippen molar-refractivity contribution in [2.45, 2.75) is 23.8 Å². The summed E-state index contributed by atoms with van der Waals surface area (Å²) in [6, 6.07) is 44.9. The van der Waals surface area contributed by atoms with Gasteiger partial charge in [0, 0.05) is 28.1 Å². The smallest absolute Gasteiger partial charge is 0.240 e. The molecule has 206 valence electrons. The molecule has 5 rings (SSSR count). The second-order valence-corrected chi connectivity index (χ2v) is 12.6. The molecule has 1 N–H and O–H groups in total. The summed E-state index contributed by atoms with van der Waals surface area (Å²) in [7, 11) is -3.74. The van der Waals surface area contributed by atoms with Gasteiger partial charge in [0.15, 0.2) is 0 Å². The fourth-order valence-corrected chi connectivity index (χ4v) is 6.14. The van der Waals surface area contributed by atoms with Crippen molar-refractivity contribution >= 4 is 31.7 Å². The Kier molecular flexibility index (Phi) is 9.24. The number of halogens is 1. The van der Waals surface area contributed by atoms with Crippen LogP contribution in [-0.2, 0) is 10.0 Å². The van der Waals surface area contributed by atoms with Gasteiger partial charge in [0.2, 0.25) is 10.0 Å². The average molecular weight is 624 g/mol. The van der Waals surface area contributed by atoms with Gasteiger partial charge in [0.25, 0.3) is 0 Å². The highest BCUT2D eigenvalue weighted by Crippen LogP contribution is 2.36. The monoisotopic (exact) mass is 622 g/mol. The first kappa shape index (κ1) is 28.7. The Bertz CT molecular complexity index is 1650. The first-order chi connectivity index (χ1) is 19.9. The van der Waals surface area contributed by atoms with Crippen LogP contribution in [0.5, 0.6) is 0 Å². The predicted octanol–water partition coefficient (Wildman–Crippen LogP) is 8.10. The van der Waals surface area contributed by atoms with Crippen LogP contribution in [0.15, 0.2) is 154 Å². The quantitative estimate of drug-likeness (QED) is 0.160. The number of hydrogen-bond acceptors (Lipinski definition) is 3. The Morgan fingerprint density at radius 3 is 1.73 bits per heavy atom. The molecule has 41 heavy (non-hydrogen) atoms. The first-order valence-electron chi connectivity index (χ1n) is 13.5. The van der Waals surface area contributed by atoms with Crippen molar-refractivity contribution in [2.75, 3.05) is 6.54 Å². The van der Waals surface area contributed by atoms with Crippen LogP contribution in [0.2, 0.25) is 0 Å². The van der Waals surface area contributed by atoms with E-state index in [1.807, 2.05) is 97.9 Å². The second kappa shape index (κ2) is 13.2. The number of sulfonamides is 1. The van der Waals surface area contributed by atoms with Gasteiger partial charge >= 0.3 is 0 Å². The number of hydrogen-bond donors (Lipinski definition) is 1. The van der Waals surface area contributed by atoms with Crippen molar-refractivity contribution in [3.05, 3.63) is 172 Å². The van der Waals surface area contributed by atoms with Crippen molar-refractivity contribution < 1.29 is 8.42 Å². The standard InChI is InChI=1S/C35H31BrN2O2S/c1-26-17-23-32(24-18-26)41(39,40)37-25-33(27-11-5-2-6-12-27)35(30-19-21-31(36)22-20-30)38-34(28-13-7-3-8-14-28)29-15-9-4-10-16-29/h2-24,33,35,37H,25H2,1H3/t33-,35+/m0/s1. The maximum atomic E-state index is 13.4. The molecule has 0 radical (unpaired) electrons. The number of nitrogens with one attached hydrogen (secondary N) is 1. The summed E-state index contributed by atoms with van der Waals surface area (Å²) >= 11 is 3.56. The van der Waals surface area contributed by atoms with E-state index in [-0.39, 0.29) is 23.4 Å². The van der Waals surface area contributed by atoms with E-state index in [9.17, 15) is 8.42 Å². The number of aliphatic imine (C=N–C) groups is 1. The summed E-state index contributed by atoms with van der Waals surface area (Å²) in [5, 5.41) is 0. The normalized spacial score (nSPS) is 12.8. The molecular formula is C35H31BrN2O2S. The Balaban J connectivity index is 1.64. The lowest BCUT2D eigenvalue weighted by Gasteiger charge is -2.27. The molecule has 2 atom stereocenters. The minimum absolute atomic E-state index is 0.168. The van der Waals surface area contributed by atoms with Gasteiger partial charge in [-0.05, 0) is 42.3 Å². The highest BCUT2D eigenvalue weighted by molar-refractivity contribution is 9.10. The van der Waals surface area contributed by atoms with E-state index in [2.05, 4.69) is 57.1 Å². The molecule has 5 aromatic rings. The van der Waals surface area contributed by atoms with Crippen LogP contribution in [0.25, 0.3) is 0 Å². The molecule has 0 aromatic heterocycles. The number of aryl methyl sites for hydroxylation is 1. The van der Waals surface area contributed by atoms with Gasteiger partial charge in [-0.2, -0.15) is 0 Å². The van der Waals surface area contributed by atoms with Gasteiger partial charge in [-0.15, -0.1) is 0 Å². The Hall–Kier alpha value is -3.84. The summed E-state index contributed by atoms with van der Waals surface area (Å²) in [5.41, 5.74) is 5.82. The molecule has 0 unspecified atom stereocenters. The van der Waals surface area contributed by atoms with E-state index in [4.69, 9.17) is 4.99 Å². The fraction of sp³-hybridized carbons (Fsp3) is 0.114. The van der Waals surface area contributed by atoms with E-state index in [0.717, 1.165) is 38.0 Å². The summed E-state index contributed by atoms with van der Waals surface area (Å²) in [6.45, 7) is 2.11. The number of rotatable bonds is 10. The van der Waals surface area contributed by atoms with Crippen LogP contribution in [-0.4, -0.2) is 20.7 Å². The van der Waals surface area contributed by atoms with Crippen LogP contribution < -0.4 is 4.72 Å². The van der Waals surface area contributed by atoms with E-state index < -0.39 is 10.0 Å². The maximum absolute atomic E-state index is 13.4. The van der Waals surface area contributed by atoms with Crippen LogP contribution in [0, 0.1) is 6.92 Å². The molecule has 0 aliphatic carbocycles. The van der Waals surface area contributed by atoms with E-state index in [1.54, 1.807) is 12.1 Å². The van der Waals surface area contributed by atoms with Gasteiger partial charge < -0.3 is 0 Å². The van der Waals surface area contributed by atoms with Gasteiger partial charge in [0.1, 0.15) is 0 Å². The van der Waals surface area contributed by atoms with Crippen molar-refractivity contribution in [3.8, 4) is 0 Å². The van der Waals surface area contributed by atoms with Crippen molar-refractivity contribution in [1.29, 1.82) is 0 Å². The SMILES string of the molecule is Cc1ccc(S(=O)(=O)NC[C@@H](c2ccccc2)[C@H](N=C(c2ccccc2)c2ccccc2)c2ccc(Br)cc2)cc1. The summed E-state index contributed by atoms with van der Waals surface area (Å²) in [6.07, 6.45) is 0. The molecule has 0 fully saturated rings. The lowest BCUT2D eigenvalue weighted by Crippen LogP contribution is -2.31. The predicted molar refractivity (Wildman–Crippen MR) is 171 cm³/mol. The third-order valence-electron chi connectivity index (χ3n) is 7.01. The average Bonchev–Trinajstić information content (AvgIpc) is 3.01. The minimum atomic E-state index is -3.74. The van der Waals surface area contributed by atoms with Gasteiger partial charge in [-0.3, -0.25) is 4.99 Å². The summed E-state index contributed by atoms with van der Waals surface area (Å²) < 4.78 is 30.7. The first-order valence-corrected chi connectivity index (χ1v) is 15.7. The van der Waals surface area contributed by atoms with Gasteiger partial charge in [0.05, 0.1) is 16.6 Å². The molecule has 0 spiro atoms. The minimum Gasteiger partial charge on any atom is -0.275 e. The Morgan fingerprint density at radius 2 is 1.20 bits per heavy atom. The van der Waals surface area contributed by atoms with Crippen molar-refractivity contribution in [1.82, 2.24) is 4.72 Å². The van der Waals surface area contributed by atoms with Gasteiger partial charge in [-0.1, -0.05) is 137 Å². The topological polar surface area (TPSA) is 58.5 Å². The number of benzene rings is 5. The molecule has 0 saturated carbocycles. The zero-order chi connectivity index (χ0) is 28.7. The zero-order valence-electron chi connectivity index (χ0n) is 22.7. The highest BCUT2D eigenvalue weighted by Gasteiger charge is 2.28. The Morgan fingerprint density at radius 1 is 0.683 bits per heavy atom. The van der Waals surface area contributed by atoms with Crippen LogP contribution >= 0.6 is 15.9 Å². The summed E-state index contributed by atoms with van der Waals surface area (Å²) in [5.74, 6) is -0.292. The molecular weight excluding hydrogens is 592 g/mol. The largest absolute Gasteiger partial charge is 0.275 e.